The first kappa shape index (κ1) is 25.4. The average molecular weight is 511 g/mol. The molecular weight excluding hydrogens is 480 g/mol. The van der Waals surface area contributed by atoms with Crippen LogP contribution < -0.4 is 21.3 Å². The molecule has 0 aliphatic heterocycles. The molecule has 0 atom stereocenters. The number of benzene rings is 4. The van der Waals surface area contributed by atoms with E-state index in [2.05, 4.69) is 115 Å². The number of thiocarbonyl (C=S) groups is 2. The first-order valence-electron chi connectivity index (χ1n) is 11.8. The predicted molar refractivity (Wildman–Crippen MR) is 162 cm³/mol. The zero-order valence-corrected chi connectivity index (χ0v) is 22.3. The van der Waals surface area contributed by atoms with Crippen LogP contribution in [0.15, 0.2) is 97.1 Å². The summed E-state index contributed by atoms with van der Waals surface area (Å²) >= 11 is 10.9. The second-order valence-electron chi connectivity index (χ2n) is 8.86. The second kappa shape index (κ2) is 11.8. The minimum Gasteiger partial charge on any atom is -0.332 e. The highest BCUT2D eigenvalue weighted by Gasteiger charge is 2.09. The molecule has 0 bridgehead atoms. The van der Waals surface area contributed by atoms with Crippen molar-refractivity contribution in [2.75, 3.05) is 21.3 Å². The number of aryl methyl sites for hydroxylation is 2. The van der Waals surface area contributed by atoms with Gasteiger partial charge in [-0.3, -0.25) is 0 Å². The largest absolute Gasteiger partial charge is 0.332 e. The SMILES string of the molecule is Cc1cccc(NC(=S)Nc2ccc(C(C)c3ccc(NC(=S)Nc4cccc(C)c4)cc3)cc2)c1. The summed E-state index contributed by atoms with van der Waals surface area (Å²) in [6, 6.07) is 33.0. The van der Waals surface area contributed by atoms with Gasteiger partial charge >= 0.3 is 0 Å². The van der Waals surface area contributed by atoms with Gasteiger partial charge in [0.05, 0.1) is 0 Å². The molecule has 0 unspecified atom stereocenters. The molecule has 4 aromatic rings. The number of rotatable bonds is 6. The Morgan fingerprint density at radius 2 is 0.889 bits per heavy atom. The lowest BCUT2D eigenvalue weighted by Crippen LogP contribution is -2.19. The van der Waals surface area contributed by atoms with Crippen LogP contribution in [0.5, 0.6) is 0 Å². The smallest absolute Gasteiger partial charge is 0.175 e. The summed E-state index contributed by atoms with van der Waals surface area (Å²) in [5.41, 5.74) is 8.68. The van der Waals surface area contributed by atoms with Crippen LogP contribution in [0.2, 0.25) is 0 Å². The third-order valence-corrected chi connectivity index (χ3v) is 6.30. The Hall–Kier alpha value is -3.74. The molecule has 4 nitrogen and oxygen atoms in total. The van der Waals surface area contributed by atoms with Gasteiger partial charge in [-0.15, -0.1) is 0 Å². The molecule has 0 saturated carbocycles. The molecular formula is C30H30N4S2. The van der Waals surface area contributed by atoms with E-state index in [-0.39, 0.29) is 5.92 Å². The summed E-state index contributed by atoms with van der Waals surface area (Å²) in [5.74, 6) is 0.253. The lowest BCUT2D eigenvalue weighted by molar-refractivity contribution is 0.923. The maximum atomic E-state index is 5.46. The molecule has 0 aliphatic rings. The van der Waals surface area contributed by atoms with E-state index in [0.29, 0.717) is 10.2 Å². The van der Waals surface area contributed by atoms with Crippen molar-refractivity contribution in [3.63, 3.8) is 0 Å². The van der Waals surface area contributed by atoms with E-state index in [4.69, 9.17) is 24.4 Å². The van der Waals surface area contributed by atoms with Gasteiger partial charge in [-0.1, -0.05) is 55.5 Å². The molecule has 0 saturated heterocycles. The maximum Gasteiger partial charge on any atom is 0.175 e. The Kier molecular flexibility index (Phi) is 8.31. The van der Waals surface area contributed by atoms with E-state index in [0.717, 1.165) is 22.7 Å². The molecule has 0 aromatic heterocycles. The first-order chi connectivity index (χ1) is 17.4. The van der Waals surface area contributed by atoms with Gasteiger partial charge in [0.25, 0.3) is 0 Å². The quantitative estimate of drug-likeness (QED) is 0.197. The fourth-order valence-electron chi connectivity index (χ4n) is 3.94. The lowest BCUT2D eigenvalue weighted by atomic mass is 9.93. The van der Waals surface area contributed by atoms with Crippen molar-refractivity contribution in [1.82, 2.24) is 0 Å². The van der Waals surface area contributed by atoms with Crippen molar-refractivity contribution >= 4 is 57.4 Å². The molecule has 0 spiro atoms. The van der Waals surface area contributed by atoms with Crippen LogP contribution in [0, 0.1) is 13.8 Å². The van der Waals surface area contributed by atoms with Crippen molar-refractivity contribution in [1.29, 1.82) is 0 Å². The molecule has 4 N–H and O–H groups in total. The zero-order valence-electron chi connectivity index (χ0n) is 20.6. The number of nitrogens with one attached hydrogen (secondary N) is 4. The molecule has 182 valence electrons. The number of anilines is 4. The Morgan fingerprint density at radius 3 is 1.25 bits per heavy atom. The van der Waals surface area contributed by atoms with Crippen molar-refractivity contribution in [3.8, 4) is 0 Å². The van der Waals surface area contributed by atoms with Crippen LogP contribution in [0.25, 0.3) is 0 Å². The van der Waals surface area contributed by atoms with Crippen molar-refractivity contribution in [3.05, 3.63) is 119 Å². The Bertz CT molecular complexity index is 1240. The van der Waals surface area contributed by atoms with Gasteiger partial charge < -0.3 is 21.3 Å². The highest BCUT2D eigenvalue weighted by Crippen LogP contribution is 2.26. The summed E-state index contributed by atoms with van der Waals surface area (Å²) in [6.07, 6.45) is 0. The fourth-order valence-corrected chi connectivity index (χ4v) is 4.41. The van der Waals surface area contributed by atoms with Crippen LogP contribution in [0.1, 0.15) is 35.1 Å². The van der Waals surface area contributed by atoms with Crippen molar-refractivity contribution < 1.29 is 0 Å². The summed E-state index contributed by atoms with van der Waals surface area (Å²) in [5, 5.41) is 14.1. The van der Waals surface area contributed by atoms with Crippen LogP contribution in [-0.4, -0.2) is 10.2 Å². The minimum absolute atomic E-state index is 0.253. The van der Waals surface area contributed by atoms with E-state index in [1.807, 2.05) is 24.3 Å². The highest BCUT2D eigenvalue weighted by atomic mass is 32.1. The van der Waals surface area contributed by atoms with Gasteiger partial charge in [0.1, 0.15) is 0 Å². The molecule has 0 fully saturated rings. The third kappa shape index (κ3) is 7.13. The zero-order chi connectivity index (χ0) is 25.5. The van der Waals surface area contributed by atoms with Gasteiger partial charge in [0, 0.05) is 28.7 Å². The molecule has 0 radical (unpaired) electrons. The number of hydrogen-bond donors (Lipinski definition) is 4. The van der Waals surface area contributed by atoms with Crippen LogP contribution in [0.4, 0.5) is 22.7 Å². The molecule has 6 heteroatoms. The predicted octanol–water partition coefficient (Wildman–Crippen LogP) is 8.07. The Labute approximate surface area is 224 Å². The van der Waals surface area contributed by atoms with Crippen molar-refractivity contribution in [2.45, 2.75) is 26.7 Å². The highest BCUT2D eigenvalue weighted by molar-refractivity contribution is 7.81. The molecule has 4 aromatic carbocycles. The molecule has 36 heavy (non-hydrogen) atoms. The van der Waals surface area contributed by atoms with Gasteiger partial charge in [-0.05, 0) is 109 Å². The summed E-state index contributed by atoms with van der Waals surface area (Å²) < 4.78 is 0. The first-order valence-corrected chi connectivity index (χ1v) is 12.7. The van der Waals surface area contributed by atoms with E-state index in [1.165, 1.54) is 22.3 Å². The van der Waals surface area contributed by atoms with Crippen LogP contribution >= 0.6 is 24.4 Å². The lowest BCUT2D eigenvalue weighted by Gasteiger charge is -2.16. The van der Waals surface area contributed by atoms with E-state index < -0.39 is 0 Å². The molecule has 4 rings (SSSR count). The fraction of sp³-hybridized carbons (Fsp3) is 0.133. The van der Waals surface area contributed by atoms with Gasteiger partial charge in [0.15, 0.2) is 10.2 Å². The summed E-state index contributed by atoms with van der Waals surface area (Å²) in [7, 11) is 0. The minimum atomic E-state index is 0.253. The molecule has 0 heterocycles. The van der Waals surface area contributed by atoms with Gasteiger partial charge in [-0.2, -0.15) is 0 Å². The summed E-state index contributed by atoms with van der Waals surface area (Å²) in [4.78, 5) is 0. The third-order valence-electron chi connectivity index (χ3n) is 5.89. The van der Waals surface area contributed by atoms with Crippen molar-refractivity contribution in [2.24, 2.45) is 0 Å². The second-order valence-corrected chi connectivity index (χ2v) is 9.68. The average Bonchev–Trinajstić information content (AvgIpc) is 2.84. The summed E-state index contributed by atoms with van der Waals surface area (Å²) in [6.45, 7) is 6.33. The van der Waals surface area contributed by atoms with E-state index >= 15 is 0 Å². The normalized spacial score (nSPS) is 10.6. The van der Waals surface area contributed by atoms with E-state index in [9.17, 15) is 0 Å². The monoisotopic (exact) mass is 510 g/mol. The maximum absolute atomic E-state index is 5.46. The molecule has 0 amide bonds. The standard InChI is InChI=1S/C30H30N4S2/c1-20-6-4-8-27(18-20)33-29(35)31-25-14-10-23(11-15-25)22(3)24-12-16-26(17-13-24)32-30(36)34-28-9-5-7-21(2)19-28/h4-19,22H,1-3H3,(H2,31,33,35)(H2,32,34,36). The van der Waals surface area contributed by atoms with E-state index in [1.54, 1.807) is 0 Å². The van der Waals surface area contributed by atoms with Crippen LogP contribution in [-0.2, 0) is 0 Å². The Balaban J connectivity index is 1.32. The Morgan fingerprint density at radius 1 is 0.528 bits per heavy atom. The van der Waals surface area contributed by atoms with Crippen LogP contribution in [0.3, 0.4) is 0 Å². The number of hydrogen-bond acceptors (Lipinski definition) is 2. The molecule has 0 aliphatic carbocycles. The van der Waals surface area contributed by atoms with Gasteiger partial charge in [0.2, 0.25) is 0 Å². The van der Waals surface area contributed by atoms with Gasteiger partial charge in [-0.25, -0.2) is 0 Å². The topological polar surface area (TPSA) is 48.1 Å².